The van der Waals surface area contributed by atoms with Crippen molar-refractivity contribution in [3.05, 3.63) is 47.4 Å². The first kappa shape index (κ1) is 11.9. The monoisotopic (exact) mass is 251 g/mol. The summed E-state index contributed by atoms with van der Waals surface area (Å²) in [6, 6.07) is 9.11. The molecule has 0 fully saturated rings. The lowest BCUT2D eigenvalue weighted by Crippen LogP contribution is -2.17. The Bertz CT molecular complexity index is 482. The summed E-state index contributed by atoms with van der Waals surface area (Å²) in [5.74, 6) is 1.03. The van der Waals surface area contributed by atoms with Crippen molar-refractivity contribution in [3.63, 3.8) is 0 Å². The second-order valence-electron chi connectivity index (χ2n) is 4.00. The molecule has 0 radical (unpaired) electrons. The summed E-state index contributed by atoms with van der Waals surface area (Å²) in [5.41, 5.74) is 0.881. The second kappa shape index (κ2) is 5.15. The first-order valence-corrected chi connectivity index (χ1v) is 5.80. The number of halogens is 1. The van der Waals surface area contributed by atoms with Crippen LogP contribution in [-0.2, 0) is 6.42 Å². The van der Waals surface area contributed by atoms with E-state index in [0.717, 1.165) is 17.9 Å². The van der Waals surface area contributed by atoms with Crippen LogP contribution < -0.4 is 5.32 Å². The number of aromatic hydroxyl groups is 1. The van der Waals surface area contributed by atoms with Crippen LogP contribution in [0.5, 0.6) is 5.75 Å². The minimum atomic E-state index is 0.0934. The van der Waals surface area contributed by atoms with Gasteiger partial charge in [-0.25, -0.2) is 0 Å². The van der Waals surface area contributed by atoms with Crippen LogP contribution in [0.2, 0.25) is 5.02 Å². The highest BCUT2D eigenvalue weighted by Gasteiger charge is 2.06. The number of benzene rings is 1. The van der Waals surface area contributed by atoms with E-state index in [1.54, 1.807) is 24.5 Å². The van der Waals surface area contributed by atoms with E-state index in [2.05, 4.69) is 12.2 Å². The topological polar surface area (TPSA) is 45.4 Å². The van der Waals surface area contributed by atoms with Gasteiger partial charge in [0.2, 0.25) is 0 Å². The zero-order valence-electron chi connectivity index (χ0n) is 9.48. The zero-order chi connectivity index (χ0) is 12.3. The molecular formula is C13H14ClNO2. The van der Waals surface area contributed by atoms with E-state index < -0.39 is 0 Å². The fraction of sp³-hybridized carbons (Fsp3) is 0.231. The van der Waals surface area contributed by atoms with Gasteiger partial charge in [0.25, 0.3) is 0 Å². The van der Waals surface area contributed by atoms with Crippen molar-refractivity contribution in [2.24, 2.45) is 0 Å². The highest BCUT2D eigenvalue weighted by atomic mass is 35.5. The van der Waals surface area contributed by atoms with Crippen LogP contribution in [0.15, 0.2) is 41.0 Å². The molecule has 0 aliphatic carbocycles. The zero-order valence-corrected chi connectivity index (χ0v) is 10.2. The van der Waals surface area contributed by atoms with E-state index in [9.17, 15) is 5.11 Å². The number of hydrogen-bond acceptors (Lipinski definition) is 3. The van der Waals surface area contributed by atoms with Crippen LogP contribution in [0.3, 0.4) is 0 Å². The molecule has 2 rings (SSSR count). The molecule has 4 heteroatoms. The molecule has 3 nitrogen and oxygen atoms in total. The van der Waals surface area contributed by atoms with Gasteiger partial charge in [-0.15, -0.1) is 0 Å². The van der Waals surface area contributed by atoms with Crippen molar-refractivity contribution >= 4 is 17.3 Å². The van der Waals surface area contributed by atoms with Gasteiger partial charge in [-0.2, -0.15) is 0 Å². The van der Waals surface area contributed by atoms with E-state index >= 15 is 0 Å². The largest absolute Gasteiger partial charge is 0.506 e. The molecular weight excluding hydrogens is 238 g/mol. The maximum atomic E-state index is 9.31. The molecule has 2 N–H and O–H groups in total. The smallest absolute Gasteiger partial charge is 0.134 e. The molecule has 0 saturated carbocycles. The fourth-order valence-electron chi connectivity index (χ4n) is 1.66. The van der Waals surface area contributed by atoms with Crippen LogP contribution in [0.25, 0.3) is 0 Å². The molecule has 0 amide bonds. The molecule has 1 unspecified atom stereocenters. The third-order valence-corrected chi connectivity index (χ3v) is 2.75. The van der Waals surface area contributed by atoms with Crippen molar-refractivity contribution in [1.29, 1.82) is 0 Å². The van der Waals surface area contributed by atoms with Crippen molar-refractivity contribution in [2.75, 3.05) is 5.32 Å². The Morgan fingerprint density at radius 3 is 2.88 bits per heavy atom. The Morgan fingerprint density at radius 1 is 1.41 bits per heavy atom. The fourth-order valence-corrected chi connectivity index (χ4v) is 1.84. The van der Waals surface area contributed by atoms with Gasteiger partial charge in [0.15, 0.2) is 0 Å². The van der Waals surface area contributed by atoms with Crippen LogP contribution >= 0.6 is 11.6 Å². The van der Waals surface area contributed by atoms with Gasteiger partial charge in [0.1, 0.15) is 11.5 Å². The Hall–Kier alpha value is -1.61. The highest BCUT2D eigenvalue weighted by Crippen LogP contribution is 2.26. The summed E-state index contributed by atoms with van der Waals surface area (Å²) >= 11 is 5.83. The molecule has 0 bridgehead atoms. The van der Waals surface area contributed by atoms with Gasteiger partial charge in [-0.05, 0) is 37.3 Å². The number of nitrogens with one attached hydrogen (secondary N) is 1. The van der Waals surface area contributed by atoms with Gasteiger partial charge in [0.05, 0.1) is 11.3 Å². The molecule has 1 aromatic carbocycles. The summed E-state index contributed by atoms with van der Waals surface area (Å²) < 4.78 is 5.28. The van der Waals surface area contributed by atoms with E-state index in [1.807, 2.05) is 12.1 Å². The number of furan rings is 1. The van der Waals surface area contributed by atoms with Gasteiger partial charge in [0, 0.05) is 18.2 Å². The number of phenolic OH excluding ortho intramolecular Hbond substituents is 1. The van der Waals surface area contributed by atoms with Crippen molar-refractivity contribution in [1.82, 2.24) is 0 Å². The van der Waals surface area contributed by atoms with Crippen LogP contribution in [-0.4, -0.2) is 11.1 Å². The summed E-state index contributed by atoms with van der Waals surface area (Å²) in [6.45, 7) is 2.06. The first-order chi connectivity index (χ1) is 8.15. The molecule has 90 valence electrons. The Labute approximate surface area is 105 Å². The Kier molecular flexibility index (Phi) is 3.59. The van der Waals surface area contributed by atoms with E-state index in [1.165, 1.54) is 0 Å². The molecule has 1 atom stereocenters. The predicted octanol–water partition coefficient (Wildman–Crippen LogP) is 3.68. The molecule has 2 aromatic rings. The second-order valence-corrected chi connectivity index (χ2v) is 4.40. The molecule has 0 aliphatic heterocycles. The lowest BCUT2D eigenvalue weighted by Gasteiger charge is -2.14. The molecule has 0 aliphatic rings. The lowest BCUT2D eigenvalue weighted by atomic mass is 10.2. The van der Waals surface area contributed by atoms with Crippen molar-refractivity contribution < 1.29 is 9.52 Å². The summed E-state index contributed by atoms with van der Waals surface area (Å²) in [7, 11) is 0. The van der Waals surface area contributed by atoms with E-state index in [-0.39, 0.29) is 11.8 Å². The molecule has 17 heavy (non-hydrogen) atoms. The summed E-state index contributed by atoms with van der Waals surface area (Å²) in [6.07, 6.45) is 2.46. The summed E-state index contributed by atoms with van der Waals surface area (Å²) in [5, 5.41) is 13.0. The SMILES string of the molecule is CC(Cc1ccco1)Nc1ccc(O)c(Cl)c1. The standard InChI is InChI=1S/C13H14ClNO2/c1-9(7-11-3-2-6-17-11)15-10-4-5-13(16)12(14)8-10/h2-6,8-9,15-16H,7H2,1H3. The predicted molar refractivity (Wildman–Crippen MR) is 68.6 cm³/mol. The quantitative estimate of drug-likeness (QED) is 0.815. The maximum Gasteiger partial charge on any atom is 0.134 e. The van der Waals surface area contributed by atoms with Crippen molar-refractivity contribution in [2.45, 2.75) is 19.4 Å². The Balaban J connectivity index is 1.98. The van der Waals surface area contributed by atoms with Gasteiger partial charge in [-0.1, -0.05) is 11.6 Å². The Morgan fingerprint density at radius 2 is 2.24 bits per heavy atom. The highest BCUT2D eigenvalue weighted by molar-refractivity contribution is 6.32. The third kappa shape index (κ3) is 3.17. The molecule has 0 saturated heterocycles. The average molecular weight is 252 g/mol. The summed E-state index contributed by atoms with van der Waals surface area (Å²) in [4.78, 5) is 0. The average Bonchev–Trinajstić information content (AvgIpc) is 2.76. The minimum absolute atomic E-state index is 0.0934. The number of hydrogen-bond donors (Lipinski definition) is 2. The first-order valence-electron chi connectivity index (χ1n) is 5.42. The van der Waals surface area contributed by atoms with Gasteiger partial charge < -0.3 is 14.8 Å². The maximum absolute atomic E-state index is 9.31. The lowest BCUT2D eigenvalue weighted by molar-refractivity contribution is 0.475. The van der Waals surface area contributed by atoms with Crippen LogP contribution in [0.4, 0.5) is 5.69 Å². The van der Waals surface area contributed by atoms with E-state index in [4.69, 9.17) is 16.0 Å². The minimum Gasteiger partial charge on any atom is -0.506 e. The van der Waals surface area contributed by atoms with E-state index in [0.29, 0.717) is 5.02 Å². The molecule has 1 heterocycles. The number of anilines is 1. The third-order valence-electron chi connectivity index (χ3n) is 2.45. The van der Waals surface area contributed by atoms with Gasteiger partial charge in [-0.3, -0.25) is 0 Å². The normalized spacial score (nSPS) is 12.4. The van der Waals surface area contributed by atoms with Crippen LogP contribution in [0, 0.1) is 0 Å². The molecule has 0 spiro atoms. The van der Waals surface area contributed by atoms with Gasteiger partial charge >= 0.3 is 0 Å². The number of phenols is 1. The van der Waals surface area contributed by atoms with Crippen LogP contribution in [0.1, 0.15) is 12.7 Å². The van der Waals surface area contributed by atoms with Crippen molar-refractivity contribution in [3.8, 4) is 5.75 Å². The number of rotatable bonds is 4. The molecule has 1 aromatic heterocycles.